The first-order chi connectivity index (χ1) is 8.63. The zero-order chi connectivity index (χ0) is 12.7. The molecular formula is C11H9N3O2SSe. The average molecular weight is 326 g/mol. The summed E-state index contributed by atoms with van der Waals surface area (Å²) in [5, 5.41) is 10.4. The molecule has 18 heavy (non-hydrogen) atoms. The SMILES string of the molecule is Nc1ccc2nc(C3=N[C@@H](C(=O)O)C[Se]3)sc2c1. The van der Waals surface area contributed by atoms with Crippen LogP contribution in [-0.2, 0) is 4.79 Å². The number of anilines is 1. The van der Waals surface area contributed by atoms with Crippen molar-refractivity contribution in [3.63, 3.8) is 0 Å². The number of nitrogens with zero attached hydrogens (tertiary/aromatic N) is 2. The number of nitrogens with two attached hydrogens (primary N) is 1. The molecule has 92 valence electrons. The Morgan fingerprint density at radius 2 is 2.39 bits per heavy atom. The summed E-state index contributed by atoms with van der Waals surface area (Å²) in [5.41, 5.74) is 7.32. The van der Waals surface area contributed by atoms with E-state index in [2.05, 4.69) is 9.98 Å². The molecule has 3 N–H and O–H groups in total. The van der Waals surface area contributed by atoms with Gasteiger partial charge in [-0.15, -0.1) is 0 Å². The molecule has 0 fully saturated rings. The van der Waals surface area contributed by atoms with Crippen LogP contribution in [0, 0.1) is 0 Å². The number of fused-ring (bicyclic) bond motifs is 1. The number of rotatable bonds is 2. The molecule has 0 radical (unpaired) electrons. The Morgan fingerprint density at radius 3 is 3.11 bits per heavy atom. The van der Waals surface area contributed by atoms with E-state index in [4.69, 9.17) is 10.8 Å². The van der Waals surface area contributed by atoms with Gasteiger partial charge in [0.2, 0.25) is 0 Å². The fourth-order valence-corrected chi connectivity index (χ4v) is 5.02. The van der Waals surface area contributed by atoms with Crippen molar-refractivity contribution in [2.24, 2.45) is 4.99 Å². The van der Waals surface area contributed by atoms with Crippen LogP contribution in [0.4, 0.5) is 5.69 Å². The fourth-order valence-electron chi connectivity index (χ4n) is 1.65. The normalized spacial score (nSPS) is 19.1. The van der Waals surface area contributed by atoms with E-state index < -0.39 is 12.0 Å². The van der Waals surface area contributed by atoms with E-state index in [1.54, 1.807) is 0 Å². The van der Waals surface area contributed by atoms with Crippen molar-refractivity contribution in [2.45, 2.75) is 11.4 Å². The van der Waals surface area contributed by atoms with Crippen molar-refractivity contribution < 1.29 is 9.90 Å². The van der Waals surface area contributed by atoms with E-state index in [0.717, 1.165) is 19.8 Å². The summed E-state index contributed by atoms with van der Waals surface area (Å²) in [6.07, 6.45) is 0. The summed E-state index contributed by atoms with van der Waals surface area (Å²) in [7, 11) is 0. The number of thiazole rings is 1. The van der Waals surface area contributed by atoms with E-state index in [0.29, 0.717) is 11.0 Å². The molecule has 1 aromatic carbocycles. The minimum absolute atomic E-state index is 0.0997. The topological polar surface area (TPSA) is 88.6 Å². The van der Waals surface area contributed by atoms with Crippen molar-refractivity contribution in [3.05, 3.63) is 23.2 Å². The Kier molecular flexibility index (Phi) is 2.81. The van der Waals surface area contributed by atoms with Crippen LogP contribution < -0.4 is 5.73 Å². The van der Waals surface area contributed by atoms with Crippen LogP contribution in [0.3, 0.4) is 0 Å². The Bertz CT molecular complexity index is 667. The van der Waals surface area contributed by atoms with Gasteiger partial charge in [0.25, 0.3) is 0 Å². The Labute approximate surface area is 113 Å². The molecule has 0 aliphatic carbocycles. The number of nitrogen functional groups attached to an aromatic ring is 1. The summed E-state index contributed by atoms with van der Waals surface area (Å²) < 4.78 is 1.87. The van der Waals surface area contributed by atoms with E-state index in [1.165, 1.54) is 11.3 Å². The summed E-state index contributed by atoms with van der Waals surface area (Å²) >= 11 is 1.62. The minimum atomic E-state index is -0.850. The first-order valence-corrected chi connectivity index (χ1v) is 8.12. The van der Waals surface area contributed by atoms with Gasteiger partial charge in [-0.25, -0.2) is 0 Å². The van der Waals surface area contributed by atoms with Crippen LogP contribution in [0.15, 0.2) is 23.2 Å². The van der Waals surface area contributed by atoms with E-state index >= 15 is 0 Å². The number of aliphatic imine (C=N–C) groups is 1. The third-order valence-corrected chi connectivity index (χ3v) is 6.06. The monoisotopic (exact) mass is 327 g/mol. The van der Waals surface area contributed by atoms with E-state index in [1.807, 2.05) is 18.2 Å². The first-order valence-electron chi connectivity index (χ1n) is 5.23. The van der Waals surface area contributed by atoms with Crippen LogP contribution in [0.1, 0.15) is 5.01 Å². The number of carboxylic acid groups (broad SMARTS) is 1. The molecule has 1 aliphatic heterocycles. The molecule has 7 heteroatoms. The number of aliphatic carboxylic acids is 1. The van der Waals surface area contributed by atoms with Gasteiger partial charge in [0.05, 0.1) is 0 Å². The number of carbonyl (C=O) groups is 1. The molecule has 1 aliphatic rings. The molecule has 3 rings (SSSR count). The maximum atomic E-state index is 10.9. The van der Waals surface area contributed by atoms with Crippen LogP contribution in [0.2, 0.25) is 5.32 Å². The molecule has 0 saturated heterocycles. The summed E-state index contributed by atoms with van der Waals surface area (Å²) in [4.78, 5) is 19.6. The molecule has 0 amide bonds. The van der Waals surface area contributed by atoms with Gasteiger partial charge in [-0.3, -0.25) is 0 Å². The molecule has 0 unspecified atom stereocenters. The second kappa shape index (κ2) is 4.35. The van der Waals surface area contributed by atoms with E-state index in [-0.39, 0.29) is 15.0 Å². The fraction of sp³-hybridized carbons (Fsp3) is 0.182. The number of hydrogen-bond acceptors (Lipinski definition) is 5. The van der Waals surface area contributed by atoms with E-state index in [9.17, 15) is 4.79 Å². The Hall–Kier alpha value is -1.43. The van der Waals surface area contributed by atoms with Gasteiger partial charge in [-0.05, 0) is 0 Å². The van der Waals surface area contributed by atoms with Gasteiger partial charge in [0.15, 0.2) is 0 Å². The standard InChI is InChI=1S/C11H9N3O2SSe/c12-5-1-2-6-8(3-5)17-9(13-6)10-14-7(4-18-10)11(15)16/h1-3,7H,4,12H2,(H,15,16)/t7-/m1/s1. The summed E-state index contributed by atoms with van der Waals surface area (Å²) in [6.45, 7) is 0. The molecule has 1 aromatic heterocycles. The van der Waals surface area contributed by atoms with Crippen LogP contribution in [0.5, 0.6) is 0 Å². The summed E-state index contributed by atoms with van der Waals surface area (Å²) in [5.74, 6) is -0.850. The zero-order valence-electron chi connectivity index (χ0n) is 9.16. The third kappa shape index (κ3) is 2.01. The second-order valence-corrected chi connectivity index (χ2v) is 6.99. The van der Waals surface area contributed by atoms with Crippen molar-refractivity contribution in [2.75, 3.05) is 5.73 Å². The van der Waals surface area contributed by atoms with Gasteiger partial charge in [0, 0.05) is 0 Å². The number of hydrogen-bond donors (Lipinski definition) is 2. The Balaban J connectivity index is 2.00. The maximum absolute atomic E-state index is 10.9. The first kappa shape index (κ1) is 11.6. The van der Waals surface area contributed by atoms with Crippen LogP contribution in [0.25, 0.3) is 10.2 Å². The van der Waals surface area contributed by atoms with Crippen molar-refractivity contribution in [1.29, 1.82) is 0 Å². The van der Waals surface area contributed by atoms with Gasteiger partial charge in [-0.1, -0.05) is 0 Å². The average Bonchev–Trinajstić information content (AvgIpc) is 2.93. The number of benzene rings is 1. The van der Waals surface area contributed by atoms with Gasteiger partial charge >= 0.3 is 113 Å². The Morgan fingerprint density at radius 1 is 1.56 bits per heavy atom. The second-order valence-electron chi connectivity index (χ2n) is 3.85. The third-order valence-electron chi connectivity index (χ3n) is 2.53. The molecule has 1 atom stereocenters. The molecule has 0 saturated carbocycles. The predicted molar refractivity (Wildman–Crippen MR) is 72.6 cm³/mol. The number of carboxylic acids is 1. The van der Waals surface area contributed by atoms with Gasteiger partial charge < -0.3 is 0 Å². The molecule has 0 spiro atoms. The zero-order valence-corrected chi connectivity index (χ0v) is 11.7. The predicted octanol–water partition coefficient (Wildman–Crippen LogP) is 1.21. The van der Waals surface area contributed by atoms with Crippen molar-refractivity contribution >= 4 is 52.8 Å². The summed E-state index contributed by atoms with van der Waals surface area (Å²) in [6, 6.07) is 4.99. The van der Waals surface area contributed by atoms with Crippen LogP contribution >= 0.6 is 11.3 Å². The quantitative estimate of drug-likeness (QED) is 0.641. The van der Waals surface area contributed by atoms with Crippen LogP contribution in [-0.4, -0.2) is 41.7 Å². The molecule has 5 nitrogen and oxygen atoms in total. The van der Waals surface area contributed by atoms with Gasteiger partial charge in [0.1, 0.15) is 0 Å². The molecular weight excluding hydrogens is 317 g/mol. The molecule has 2 aromatic rings. The molecule has 2 heterocycles. The van der Waals surface area contributed by atoms with Crippen molar-refractivity contribution in [3.8, 4) is 0 Å². The molecule has 0 bridgehead atoms. The van der Waals surface area contributed by atoms with Gasteiger partial charge in [-0.2, -0.15) is 0 Å². The number of aromatic nitrogens is 1. The van der Waals surface area contributed by atoms with Crippen molar-refractivity contribution in [1.82, 2.24) is 4.98 Å².